The molecule has 0 fully saturated rings. The van der Waals surface area contributed by atoms with E-state index in [1.165, 1.54) is 12.1 Å². The molecule has 5 heteroatoms. The minimum atomic E-state index is -4.27. The van der Waals surface area contributed by atoms with Gasteiger partial charge in [0.1, 0.15) is 0 Å². The van der Waals surface area contributed by atoms with Gasteiger partial charge in [-0.05, 0) is 0 Å². The Kier molecular flexibility index (Phi) is 2.67. The number of rotatable bonds is 1. The van der Waals surface area contributed by atoms with Crippen LogP contribution in [0.3, 0.4) is 0 Å². The van der Waals surface area contributed by atoms with E-state index in [1.54, 1.807) is 0 Å². The van der Waals surface area contributed by atoms with Crippen LogP contribution in [0, 0.1) is 0 Å². The van der Waals surface area contributed by atoms with Crippen molar-refractivity contribution in [3.05, 3.63) is 40.8 Å². The fourth-order valence-corrected chi connectivity index (χ4v) is 2.30. The van der Waals surface area contributed by atoms with E-state index in [9.17, 15) is 13.2 Å². The Morgan fingerprint density at radius 2 is 1.67 bits per heavy atom. The summed E-state index contributed by atoms with van der Waals surface area (Å²) < 4.78 is 41.0. The summed E-state index contributed by atoms with van der Waals surface area (Å²) >= 11 is 0.109. The van der Waals surface area contributed by atoms with Gasteiger partial charge in [-0.1, -0.05) is 0 Å². The molecule has 0 aliphatic rings. The normalized spacial score (nSPS) is 11.7. The van der Waals surface area contributed by atoms with E-state index < -0.39 is 11.7 Å². The van der Waals surface area contributed by atoms with Crippen molar-refractivity contribution >= 4 is 14.7 Å². The van der Waals surface area contributed by atoms with Gasteiger partial charge in [0.25, 0.3) is 0 Å². The SMILES string of the molecule is FC(F)(F)c1ccc(-c2cc[se]n2)cc1. The maximum absolute atomic E-state index is 12.3. The van der Waals surface area contributed by atoms with E-state index in [2.05, 4.69) is 3.98 Å². The molecule has 0 amide bonds. The molecule has 0 aliphatic heterocycles. The van der Waals surface area contributed by atoms with Gasteiger partial charge in [0.15, 0.2) is 0 Å². The minimum absolute atomic E-state index is 0.109. The van der Waals surface area contributed by atoms with Gasteiger partial charge in [0, 0.05) is 0 Å². The summed E-state index contributed by atoms with van der Waals surface area (Å²) in [5.74, 6) is 0. The quantitative estimate of drug-likeness (QED) is 0.730. The number of alkyl halides is 3. The Hall–Kier alpha value is -1.06. The summed E-state index contributed by atoms with van der Waals surface area (Å²) in [6.45, 7) is 0. The summed E-state index contributed by atoms with van der Waals surface area (Å²) in [4.78, 5) is 1.93. The molecule has 1 aromatic heterocycles. The van der Waals surface area contributed by atoms with Crippen molar-refractivity contribution in [2.24, 2.45) is 0 Å². The van der Waals surface area contributed by atoms with Crippen molar-refractivity contribution in [3.63, 3.8) is 0 Å². The third-order valence-corrected chi connectivity index (χ3v) is 3.12. The average molecular weight is 276 g/mol. The predicted octanol–water partition coefficient (Wildman–Crippen LogP) is 2.82. The van der Waals surface area contributed by atoms with Gasteiger partial charge < -0.3 is 0 Å². The van der Waals surface area contributed by atoms with Crippen molar-refractivity contribution in [1.82, 2.24) is 3.98 Å². The van der Waals surface area contributed by atoms with Crippen molar-refractivity contribution in [2.75, 3.05) is 0 Å². The Balaban J connectivity index is 2.33. The molecule has 1 nitrogen and oxygen atoms in total. The molecular weight excluding hydrogens is 270 g/mol. The van der Waals surface area contributed by atoms with Gasteiger partial charge in [-0.15, -0.1) is 0 Å². The summed E-state index contributed by atoms with van der Waals surface area (Å²) in [6, 6.07) is 6.90. The Morgan fingerprint density at radius 1 is 1.00 bits per heavy atom. The third kappa shape index (κ3) is 2.30. The van der Waals surface area contributed by atoms with Crippen LogP contribution in [0.25, 0.3) is 11.3 Å². The van der Waals surface area contributed by atoms with Crippen molar-refractivity contribution in [1.29, 1.82) is 0 Å². The first-order chi connectivity index (χ1) is 7.07. The first-order valence-corrected chi connectivity index (χ1v) is 5.91. The van der Waals surface area contributed by atoms with Crippen LogP contribution in [-0.4, -0.2) is 18.7 Å². The maximum atomic E-state index is 12.3. The molecule has 0 saturated carbocycles. The fraction of sp³-hybridized carbons (Fsp3) is 0.100. The Bertz CT molecular complexity index is 431. The molecule has 0 aliphatic carbocycles. The van der Waals surface area contributed by atoms with Crippen LogP contribution in [0.2, 0.25) is 0 Å². The number of hydrogen-bond donors (Lipinski definition) is 0. The number of benzene rings is 1. The van der Waals surface area contributed by atoms with Crippen molar-refractivity contribution in [2.45, 2.75) is 6.18 Å². The molecule has 2 aromatic rings. The number of nitrogens with zero attached hydrogens (tertiary/aromatic N) is 1. The summed E-state index contributed by atoms with van der Waals surface area (Å²) in [7, 11) is 0. The third-order valence-electron chi connectivity index (χ3n) is 1.95. The topological polar surface area (TPSA) is 12.9 Å². The van der Waals surface area contributed by atoms with Gasteiger partial charge >= 0.3 is 90.2 Å². The zero-order valence-corrected chi connectivity index (χ0v) is 9.17. The molecule has 0 unspecified atom stereocenters. The molecule has 1 heterocycles. The van der Waals surface area contributed by atoms with Gasteiger partial charge in [0.05, 0.1) is 0 Å². The molecule has 0 spiro atoms. The molecular formula is C10H6F3NSe. The number of halogens is 3. The zero-order valence-electron chi connectivity index (χ0n) is 7.45. The van der Waals surface area contributed by atoms with E-state index in [4.69, 9.17) is 0 Å². The van der Waals surface area contributed by atoms with E-state index in [-0.39, 0.29) is 14.7 Å². The Morgan fingerprint density at radius 3 is 2.13 bits per heavy atom. The molecule has 15 heavy (non-hydrogen) atoms. The first-order valence-electron chi connectivity index (χ1n) is 4.15. The molecule has 0 bridgehead atoms. The molecule has 78 valence electrons. The van der Waals surface area contributed by atoms with Gasteiger partial charge in [-0.2, -0.15) is 0 Å². The standard InChI is InChI=1S/C10H6F3NSe/c11-10(12,13)8-3-1-7(2-4-8)9-5-6-15-14-9/h1-6H. The first kappa shape index (κ1) is 10.5. The summed E-state index contributed by atoms with van der Waals surface area (Å²) in [5.41, 5.74) is 0.877. The van der Waals surface area contributed by atoms with Crippen LogP contribution < -0.4 is 0 Å². The monoisotopic (exact) mass is 277 g/mol. The van der Waals surface area contributed by atoms with E-state index in [0.717, 1.165) is 23.4 Å². The van der Waals surface area contributed by atoms with Gasteiger partial charge in [-0.25, -0.2) is 0 Å². The van der Waals surface area contributed by atoms with E-state index >= 15 is 0 Å². The molecule has 1 aromatic carbocycles. The average Bonchev–Trinajstić information content (AvgIpc) is 2.69. The summed E-state index contributed by atoms with van der Waals surface area (Å²) in [6.07, 6.45) is -4.27. The number of hydrogen-bond acceptors (Lipinski definition) is 1. The molecule has 0 N–H and O–H groups in total. The summed E-state index contributed by atoms with van der Waals surface area (Å²) in [5, 5.41) is 0. The molecule has 2 rings (SSSR count). The second kappa shape index (κ2) is 3.83. The molecule has 0 radical (unpaired) electrons. The van der Waals surface area contributed by atoms with Crippen molar-refractivity contribution < 1.29 is 13.2 Å². The van der Waals surface area contributed by atoms with E-state index in [1.807, 2.05) is 11.0 Å². The van der Waals surface area contributed by atoms with Crippen LogP contribution in [-0.2, 0) is 6.18 Å². The van der Waals surface area contributed by atoms with Crippen molar-refractivity contribution in [3.8, 4) is 11.3 Å². The number of aromatic nitrogens is 1. The van der Waals surface area contributed by atoms with Crippen LogP contribution in [0.1, 0.15) is 5.56 Å². The Labute approximate surface area is 90.5 Å². The van der Waals surface area contributed by atoms with Gasteiger partial charge in [-0.3, -0.25) is 0 Å². The second-order valence-corrected chi connectivity index (χ2v) is 4.36. The van der Waals surface area contributed by atoms with Crippen LogP contribution in [0.15, 0.2) is 35.3 Å². The van der Waals surface area contributed by atoms with E-state index in [0.29, 0.717) is 0 Å². The molecule has 0 atom stereocenters. The predicted molar refractivity (Wildman–Crippen MR) is 51.6 cm³/mol. The van der Waals surface area contributed by atoms with Crippen LogP contribution >= 0.6 is 0 Å². The van der Waals surface area contributed by atoms with Gasteiger partial charge in [0.2, 0.25) is 0 Å². The van der Waals surface area contributed by atoms with Crippen LogP contribution in [0.5, 0.6) is 0 Å². The zero-order chi connectivity index (χ0) is 10.9. The fourth-order valence-electron chi connectivity index (χ4n) is 1.19. The van der Waals surface area contributed by atoms with Crippen LogP contribution in [0.4, 0.5) is 13.2 Å². The molecule has 0 saturated heterocycles. The second-order valence-electron chi connectivity index (χ2n) is 2.96.